The van der Waals surface area contributed by atoms with E-state index in [0.29, 0.717) is 11.2 Å². The maximum Gasteiger partial charge on any atom is 0.119 e. The topological polar surface area (TPSA) is 20.2 Å². The minimum Gasteiger partial charge on any atom is -0.508 e. The Hall–Kier alpha value is -0.980. The van der Waals surface area contributed by atoms with Gasteiger partial charge in [0.25, 0.3) is 0 Å². The van der Waals surface area contributed by atoms with E-state index in [2.05, 4.69) is 19.9 Å². The molecule has 0 spiro atoms. The molecule has 19 heavy (non-hydrogen) atoms. The highest BCUT2D eigenvalue weighted by molar-refractivity contribution is 5.49. The molecule has 4 fully saturated rings. The molecule has 0 atom stereocenters. The second kappa shape index (κ2) is 3.77. The third kappa shape index (κ3) is 1.60. The molecule has 102 valence electrons. The van der Waals surface area contributed by atoms with Crippen LogP contribution in [0.3, 0.4) is 0 Å². The van der Waals surface area contributed by atoms with E-state index in [-0.39, 0.29) is 0 Å². The Morgan fingerprint density at radius 1 is 0.947 bits per heavy atom. The molecule has 1 N–H and O–H groups in total. The molecule has 4 aliphatic carbocycles. The van der Waals surface area contributed by atoms with E-state index in [0.717, 1.165) is 17.8 Å². The van der Waals surface area contributed by atoms with Gasteiger partial charge in [0.15, 0.2) is 0 Å². The third-order valence-electron chi connectivity index (χ3n) is 6.28. The highest BCUT2D eigenvalue weighted by Gasteiger charge is 2.52. The number of aryl methyl sites for hydroxylation is 1. The number of hydrogen-bond acceptors (Lipinski definition) is 1. The van der Waals surface area contributed by atoms with E-state index in [9.17, 15) is 5.11 Å². The normalized spacial score (nSPS) is 39.8. The molecule has 4 saturated carbocycles. The zero-order chi connectivity index (χ0) is 13.2. The predicted molar refractivity (Wildman–Crippen MR) is 77.4 cm³/mol. The molecule has 0 saturated heterocycles. The molecule has 1 aromatic rings. The van der Waals surface area contributed by atoms with Crippen molar-refractivity contribution in [2.45, 2.75) is 57.8 Å². The van der Waals surface area contributed by atoms with E-state index in [1.165, 1.54) is 55.2 Å². The Kier molecular flexibility index (Phi) is 2.35. The van der Waals surface area contributed by atoms with Gasteiger partial charge in [0.2, 0.25) is 0 Å². The van der Waals surface area contributed by atoms with E-state index < -0.39 is 0 Å². The average Bonchev–Trinajstić information content (AvgIpc) is 2.32. The van der Waals surface area contributed by atoms with E-state index in [4.69, 9.17) is 0 Å². The summed E-state index contributed by atoms with van der Waals surface area (Å²) in [6, 6.07) is 3.99. The fourth-order valence-corrected chi connectivity index (χ4v) is 5.89. The first-order valence-electron chi connectivity index (χ1n) is 7.87. The van der Waals surface area contributed by atoms with Gasteiger partial charge < -0.3 is 5.11 Å². The van der Waals surface area contributed by atoms with Gasteiger partial charge in [-0.2, -0.15) is 0 Å². The molecule has 5 rings (SSSR count). The molecule has 0 heterocycles. The van der Waals surface area contributed by atoms with Crippen LogP contribution in [-0.4, -0.2) is 5.11 Å². The number of phenolic OH excluding ortho intramolecular Hbond substituents is 1. The Morgan fingerprint density at radius 2 is 1.47 bits per heavy atom. The largest absolute Gasteiger partial charge is 0.508 e. The summed E-state index contributed by atoms with van der Waals surface area (Å²) in [6.45, 7) is 4.39. The van der Waals surface area contributed by atoms with Crippen LogP contribution in [0.25, 0.3) is 0 Å². The number of benzene rings is 1. The van der Waals surface area contributed by atoms with Gasteiger partial charge in [-0.1, -0.05) is 6.07 Å². The fourth-order valence-electron chi connectivity index (χ4n) is 5.89. The highest BCUT2D eigenvalue weighted by atomic mass is 16.3. The first-order valence-corrected chi connectivity index (χ1v) is 7.87. The maximum absolute atomic E-state index is 10.5. The molecule has 4 aliphatic rings. The van der Waals surface area contributed by atoms with E-state index >= 15 is 0 Å². The van der Waals surface area contributed by atoms with Crippen LogP contribution >= 0.6 is 0 Å². The molecule has 0 unspecified atom stereocenters. The molecular weight excluding hydrogens is 232 g/mol. The zero-order valence-corrected chi connectivity index (χ0v) is 12.1. The van der Waals surface area contributed by atoms with Crippen molar-refractivity contribution in [2.75, 3.05) is 0 Å². The summed E-state index contributed by atoms with van der Waals surface area (Å²) >= 11 is 0. The smallest absolute Gasteiger partial charge is 0.119 e. The maximum atomic E-state index is 10.5. The van der Waals surface area contributed by atoms with Crippen molar-refractivity contribution in [1.29, 1.82) is 0 Å². The zero-order valence-electron chi connectivity index (χ0n) is 12.1. The van der Waals surface area contributed by atoms with Gasteiger partial charge in [-0.05, 0) is 87.3 Å². The van der Waals surface area contributed by atoms with Crippen molar-refractivity contribution in [2.24, 2.45) is 17.8 Å². The van der Waals surface area contributed by atoms with E-state index in [1.54, 1.807) is 0 Å². The van der Waals surface area contributed by atoms with Crippen LogP contribution in [0.2, 0.25) is 0 Å². The molecule has 0 amide bonds. The molecule has 1 heteroatoms. The second-order valence-electron chi connectivity index (χ2n) is 7.60. The van der Waals surface area contributed by atoms with Crippen LogP contribution in [-0.2, 0) is 5.41 Å². The van der Waals surface area contributed by atoms with Crippen LogP contribution in [0.15, 0.2) is 12.1 Å². The monoisotopic (exact) mass is 256 g/mol. The molecule has 0 aliphatic heterocycles. The number of aromatic hydroxyl groups is 1. The Labute approximate surface area is 116 Å². The number of hydrogen-bond donors (Lipinski definition) is 1. The average molecular weight is 256 g/mol. The Balaban J connectivity index is 1.86. The summed E-state index contributed by atoms with van der Waals surface area (Å²) in [4.78, 5) is 0. The van der Waals surface area contributed by atoms with Crippen LogP contribution in [0.4, 0.5) is 0 Å². The fraction of sp³-hybridized carbons (Fsp3) is 0.667. The van der Waals surface area contributed by atoms with Gasteiger partial charge in [0, 0.05) is 11.0 Å². The van der Waals surface area contributed by atoms with Crippen molar-refractivity contribution in [3.05, 3.63) is 28.8 Å². The Morgan fingerprint density at radius 3 is 2.00 bits per heavy atom. The van der Waals surface area contributed by atoms with Gasteiger partial charge in [-0.3, -0.25) is 0 Å². The van der Waals surface area contributed by atoms with Crippen molar-refractivity contribution >= 4 is 0 Å². The number of phenols is 1. The number of rotatable bonds is 1. The van der Waals surface area contributed by atoms with Gasteiger partial charge in [0.05, 0.1) is 0 Å². The van der Waals surface area contributed by atoms with E-state index in [1.807, 2.05) is 6.07 Å². The molecule has 0 radical (unpaired) electrons. The van der Waals surface area contributed by atoms with Crippen molar-refractivity contribution < 1.29 is 5.11 Å². The molecule has 0 aromatic heterocycles. The van der Waals surface area contributed by atoms with Crippen LogP contribution in [0.5, 0.6) is 5.75 Å². The molecule has 1 nitrogen and oxygen atoms in total. The summed E-state index contributed by atoms with van der Waals surface area (Å²) in [5.41, 5.74) is 4.31. The summed E-state index contributed by atoms with van der Waals surface area (Å²) in [5.74, 6) is 3.37. The first-order chi connectivity index (χ1) is 9.07. The lowest BCUT2D eigenvalue weighted by molar-refractivity contribution is -0.00644. The van der Waals surface area contributed by atoms with Crippen LogP contribution in [0, 0.1) is 31.6 Å². The van der Waals surface area contributed by atoms with Crippen molar-refractivity contribution in [3.63, 3.8) is 0 Å². The summed E-state index contributed by atoms with van der Waals surface area (Å²) in [6.07, 6.45) is 8.38. The quantitative estimate of drug-likeness (QED) is 0.785. The van der Waals surface area contributed by atoms with Gasteiger partial charge >= 0.3 is 0 Å². The SMILES string of the molecule is Cc1ccc(O)c(C23CC4CC(CC(C4)C2)C3)c1C. The van der Waals surface area contributed by atoms with Gasteiger partial charge in [0.1, 0.15) is 5.75 Å². The lowest BCUT2D eigenvalue weighted by Crippen LogP contribution is -2.48. The minimum absolute atomic E-state index is 0.314. The first kappa shape index (κ1) is 11.8. The molecule has 4 bridgehead atoms. The van der Waals surface area contributed by atoms with Crippen LogP contribution < -0.4 is 0 Å². The van der Waals surface area contributed by atoms with Crippen molar-refractivity contribution in [3.8, 4) is 5.75 Å². The summed E-state index contributed by atoms with van der Waals surface area (Å²) in [5, 5.41) is 10.5. The van der Waals surface area contributed by atoms with Crippen molar-refractivity contribution in [1.82, 2.24) is 0 Å². The Bertz CT molecular complexity index is 493. The minimum atomic E-state index is 0.314. The van der Waals surface area contributed by atoms with Gasteiger partial charge in [-0.15, -0.1) is 0 Å². The van der Waals surface area contributed by atoms with Gasteiger partial charge in [-0.25, -0.2) is 0 Å². The third-order valence-corrected chi connectivity index (χ3v) is 6.28. The predicted octanol–water partition coefficient (Wildman–Crippen LogP) is 4.48. The summed E-state index contributed by atoms with van der Waals surface area (Å²) in [7, 11) is 0. The van der Waals surface area contributed by atoms with Crippen LogP contribution in [0.1, 0.15) is 55.2 Å². The standard InChI is InChI=1S/C18H24O/c1-11-3-4-16(19)17(12(11)2)18-8-13-5-14(9-18)7-15(6-13)10-18/h3-4,13-15,19H,5-10H2,1-2H3. The highest BCUT2D eigenvalue weighted by Crippen LogP contribution is 2.62. The molecular formula is C18H24O. The molecule has 1 aromatic carbocycles. The lowest BCUT2D eigenvalue weighted by atomic mass is 9.47. The second-order valence-corrected chi connectivity index (χ2v) is 7.60. The summed E-state index contributed by atoms with van der Waals surface area (Å²) < 4.78 is 0. The lowest BCUT2D eigenvalue weighted by Gasteiger charge is -2.57.